The highest BCUT2D eigenvalue weighted by Gasteiger charge is 2.18. The fourth-order valence-corrected chi connectivity index (χ4v) is 5.51. The van der Waals surface area contributed by atoms with E-state index in [1.54, 1.807) is 60.3 Å². The number of nitrogens with zero attached hydrogens (tertiary/aromatic N) is 1. The van der Waals surface area contributed by atoms with Gasteiger partial charge in [-0.15, -0.1) is 11.8 Å². The summed E-state index contributed by atoms with van der Waals surface area (Å²) in [7, 11) is -3.46. The molecule has 0 fully saturated rings. The molecule has 0 atom stereocenters. The normalized spacial score (nSPS) is 11.2. The lowest BCUT2D eigenvalue weighted by molar-refractivity contribution is 0.102. The third-order valence-corrected chi connectivity index (χ3v) is 7.90. The number of aryl methyl sites for hydroxylation is 1. The molecule has 4 rings (SSSR count). The Balaban J connectivity index is 1.40. The monoisotopic (exact) mass is 516 g/mol. The van der Waals surface area contributed by atoms with Gasteiger partial charge in [0.15, 0.2) is 0 Å². The van der Waals surface area contributed by atoms with Crippen molar-refractivity contribution in [1.82, 2.24) is 0 Å². The Bertz CT molecular complexity index is 1420. The minimum atomic E-state index is -3.46. The van der Waals surface area contributed by atoms with Crippen LogP contribution in [0.3, 0.4) is 0 Å². The molecule has 36 heavy (non-hydrogen) atoms. The molecule has 0 bridgehead atoms. The first-order valence-corrected chi connectivity index (χ1v) is 14.3. The van der Waals surface area contributed by atoms with E-state index in [-0.39, 0.29) is 12.5 Å². The van der Waals surface area contributed by atoms with Crippen LogP contribution in [0.1, 0.15) is 27.0 Å². The minimum absolute atomic E-state index is 0.187. The van der Waals surface area contributed by atoms with Crippen LogP contribution < -0.4 is 9.62 Å². The van der Waals surface area contributed by atoms with Crippen LogP contribution in [-0.4, -0.2) is 20.6 Å². The average molecular weight is 517 g/mol. The van der Waals surface area contributed by atoms with Crippen molar-refractivity contribution in [3.05, 3.63) is 125 Å². The number of benzene rings is 4. The van der Waals surface area contributed by atoms with E-state index >= 15 is 0 Å². The molecule has 5 nitrogen and oxygen atoms in total. The maximum atomic E-state index is 12.9. The van der Waals surface area contributed by atoms with Crippen molar-refractivity contribution >= 4 is 39.1 Å². The van der Waals surface area contributed by atoms with E-state index in [1.165, 1.54) is 21.0 Å². The number of nitrogens with one attached hydrogen (secondary N) is 1. The number of hydrogen-bond donors (Lipinski definition) is 1. The molecule has 0 unspecified atom stereocenters. The van der Waals surface area contributed by atoms with Gasteiger partial charge in [0, 0.05) is 21.9 Å². The van der Waals surface area contributed by atoms with E-state index < -0.39 is 10.0 Å². The van der Waals surface area contributed by atoms with Crippen molar-refractivity contribution in [3.63, 3.8) is 0 Å². The van der Waals surface area contributed by atoms with E-state index in [0.717, 1.165) is 22.6 Å². The number of para-hydroxylation sites is 1. The Labute approximate surface area is 217 Å². The van der Waals surface area contributed by atoms with Crippen LogP contribution in [0.5, 0.6) is 0 Å². The second-order valence-corrected chi connectivity index (χ2v) is 11.5. The lowest BCUT2D eigenvalue weighted by Gasteiger charge is -2.22. The van der Waals surface area contributed by atoms with Crippen LogP contribution in [0.4, 0.5) is 11.4 Å². The van der Waals surface area contributed by atoms with Crippen LogP contribution in [0, 0.1) is 6.92 Å². The second kappa shape index (κ2) is 11.5. The molecule has 0 radical (unpaired) electrons. The smallest absolute Gasteiger partial charge is 0.255 e. The number of carbonyl (C=O) groups is 1. The zero-order valence-corrected chi connectivity index (χ0v) is 21.9. The van der Waals surface area contributed by atoms with Gasteiger partial charge in [0.2, 0.25) is 10.0 Å². The molecular formula is C29H28N2O3S2. The number of sulfonamides is 1. The zero-order valence-electron chi connectivity index (χ0n) is 20.2. The Kier molecular flexibility index (Phi) is 8.13. The number of thioether (sulfide) groups is 1. The number of hydrogen-bond acceptors (Lipinski definition) is 4. The standard InChI is InChI=1S/C29H28N2O3S2/c1-22-19-24(21-35-27-11-7-4-8-12-27)15-18-28(22)30-29(32)25-16-13-23(14-17-25)20-31(36(2,33)34)26-9-5-3-6-10-26/h3-19H,20-21H2,1-2H3,(H,30,32). The van der Waals surface area contributed by atoms with Crippen LogP contribution in [0.15, 0.2) is 108 Å². The summed E-state index contributed by atoms with van der Waals surface area (Å²) in [4.78, 5) is 14.1. The van der Waals surface area contributed by atoms with Crippen molar-refractivity contribution in [1.29, 1.82) is 0 Å². The topological polar surface area (TPSA) is 66.5 Å². The van der Waals surface area contributed by atoms with Crippen molar-refractivity contribution in [2.75, 3.05) is 15.9 Å². The number of amides is 1. The predicted octanol–water partition coefficient (Wildman–Crippen LogP) is 6.51. The zero-order chi connectivity index (χ0) is 25.5. The summed E-state index contributed by atoms with van der Waals surface area (Å²) < 4.78 is 26.0. The molecule has 0 saturated carbocycles. The summed E-state index contributed by atoms with van der Waals surface area (Å²) in [6.07, 6.45) is 1.19. The van der Waals surface area contributed by atoms with Crippen LogP contribution >= 0.6 is 11.8 Å². The molecule has 0 aromatic heterocycles. The molecule has 4 aromatic rings. The molecule has 0 heterocycles. The predicted molar refractivity (Wildman–Crippen MR) is 149 cm³/mol. The largest absolute Gasteiger partial charge is 0.322 e. The van der Waals surface area contributed by atoms with Crippen molar-refractivity contribution in [3.8, 4) is 0 Å². The lowest BCUT2D eigenvalue weighted by Crippen LogP contribution is -2.29. The van der Waals surface area contributed by atoms with Gasteiger partial charge in [-0.3, -0.25) is 9.10 Å². The van der Waals surface area contributed by atoms with Gasteiger partial charge in [0.25, 0.3) is 5.91 Å². The third-order valence-electron chi connectivity index (χ3n) is 5.67. The van der Waals surface area contributed by atoms with E-state index in [9.17, 15) is 13.2 Å². The fraction of sp³-hybridized carbons (Fsp3) is 0.138. The number of rotatable bonds is 9. The van der Waals surface area contributed by atoms with Crippen molar-refractivity contribution < 1.29 is 13.2 Å². The highest BCUT2D eigenvalue weighted by atomic mass is 32.2. The van der Waals surface area contributed by atoms with E-state index in [2.05, 4.69) is 23.5 Å². The summed E-state index contributed by atoms with van der Waals surface area (Å²) in [5.74, 6) is 0.646. The Morgan fingerprint density at radius 2 is 1.44 bits per heavy atom. The summed E-state index contributed by atoms with van der Waals surface area (Å²) in [6, 6.07) is 32.3. The average Bonchev–Trinajstić information content (AvgIpc) is 2.88. The lowest BCUT2D eigenvalue weighted by atomic mass is 10.1. The molecule has 1 N–H and O–H groups in total. The summed E-state index contributed by atoms with van der Waals surface area (Å²) >= 11 is 1.78. The van der Waals surface area contributed by atoms with Gasteiger partial charge in [-0.2, -0.15) is 0 Å². The molecule has 7 heteroatoms. The van der Waals surface area contributed by atoms with Crippen LogP contribution in [-0.2, 0) is 22.3 Å². The number of anilines is 2. The highest BCUT2D eigenvalue weighted by molar-refractivity contribution is 7.98. The Morgan fingerprint density at radius 3 is 2.06 bits per heavy atom. The van der Waals surface area contributed by atoms with Crippen molar-refractivity contribution in [2.24, 2.45) is 0 Å². The first-order chi connectivity index (χ1) is 17.3. The van der Waals surface area contributed by atoms with Crippen LogP contribution in [0.2, 0.25) is 0 Å². The van der Waals surface area contributed by atoms with Crippen LogP contribution in [0.25, 0.3) is 0 Å². The van der Waals surface area contributed by atoms with E-state index in [4.69, 9.17) is 0 Å². The summed E-state index contributed by atoms with van der Waals surface area (Å²) in [5.41, 5.74) is 4.85. The molecule has 1 amide bonds. The Hall–Kier alpha value is -3.55. The van der Waals surface area contributed by atoms with E-state index in [0.29, 0.717) is 11.3 Å². The second-order valence-electron chi connectivity index (χ2n) is 8.51. The summed E-state index contributed by atoms with van der Waals surface area (Å²) in [6.45, 7) is 2.17. The van der Waals surface area contributed by atoms with Gasteiger partial charge in [-0.25, -0.2) is 8.42 Å². The first-order valence-electron chi connectivity index (χ1n) is 11.5. The highest BCUT2D eigenvalue weighted by Crippen LogP contribution is 2.25. The van der Waals surface area contributed by atoms with Gasteiger partial charge in [-0.05, 0) is 66.1 Å². The van der Waals surface area contributed by atoms with Gasteiger partial charge in [0.05, 0.1) is 18.5 Å². The van der Waals surface area contributed by atoms with E-state index in [1.807, 2.05) is 43.3 Å². The van der Waals surface area contributed by atoms with Gasteiger partial charge in [0.1, 0.15) is 0 Å². The third kappa shape index (κ3) is 6.77. The minimum Gasteiger partial charge on any atom is -0.322 e. The van der Waals surface area contributed by atoms with Gasteiger partial charge in [-0.1, -0.05) is 60.7 Å². The molecule has 0 aliphatic rings. The molecule has 0 aliphatic heterocycles. The molecule has 0 saturated heterocycles. The van der Waals surface area contributed by atoms with Crippen molar-refractivity contribution in [2.45, 2.75) is 24.1 Å². The molecule has 184 valence electrons. The first kappa shape index (κ1) is 25.5. The maximum Gasteiger partial charge on any atom is 0.255 e. The number of carbonyl (C=O) groups excluding carboxylic acids is 1. The SMILES string of the molecule is Cc1cc(CSc2ccccc2)ccc1NC(=O)c1ccc(CN(c2ccccc2)S(C)(=O)=O)cc1. The maximum absolute atomic E-state index is 12.9. The van der Waals surface area contributed by atoms with Gasteiger partial charge >= 0.3 is 0 Å². The summed E-state index contributed by atoms with van der Waals surface area (Å²) in [5, 5.41) is 2.99. The Morgan fingerprint density at radius 1 is 0.833 bits per heavy atom. The molecular weight excluding hydrogens is 488 g/mol. The molecule has 0 aliphatic carbocycles. The molecule has 0 spiro atoms. The van der Waals surface area contributed by atoms with Gasteiger partial charge < -0.3 is 5.32 Å². The quantitative estimate of drug-likeness (QED) is 0.258. The molecule has 4 aromatic carbocycles. The fourth-order valence-electron chi connectivity index (χ4n) is 3.76.